The van der Waals surface area contributed by atoms with Crippen molar-refractivity contribution in [3.8, 4) is 0 Å². The van der Waals surface area contributed by atoms with Gasteiger partial charge in [-0.3, -0.25) is 0 Å². The summed E-state index contributed by atoms with van der Waals surface area (Å²) in [6.45, 7) is 9.96. The van der Waals surface area contributed by atoms with Crippen LogP contribution in [0.25, 0.3) is 0 Å². The molecule has 0 aromatic heterocycles. The number of nitrogens with one attached hydrogen (secondary N) is 1. The Hall–Kier alpha value is -1.06. The maximum atomic E-state index is 6.07. The number of ether oxygens (including phenoxy) is 2. The highest BCUT2D eigenvalue weighted by Crippen LogP contribution is 2.23. The minimum Gasteiger partial charge on any atom is -0.335 e. The summed E-state index contributed by atoms with van der Waals surface area (Å²) in [4.78, 5) is 0. The molecule has 0 aliphatic heterocycles. The molecule has 3 heteroatoms. The third-order valence-corrected chi connectivity index (χ3v) is 3.52. The van der Waals surface area contributed by atoms with Crippen molar-refractivity contribution >= 4 is 5.69 Å². The molecule has 0 atom stereocenters. The first kappa shape index (κ1) is 18.0. The van der Waals surface area contributed by atoms with Gasteiger partial charge in [0.2, 0.25) is 5.91 Å². The van der Waals surface area contributed by atoms with Gasteiger partial charge >= 0.3 is 0 Å². The maximum Gasteiger partial charge on any atom is 0.248 e. The third kappa shape index (κ3) is 6.49. The van der Waals surface area contributed by atoms with Crippen LogP contribution in [-0.4, -0.2) is 19.1 Å². The van der Waals surface area contributed by atoms with Crippen LogP contribution in [-0.2, 0) is 9.47 Å². The van der Waals surface area contributed by atoms with Gasteiger partial charge in [-0.25, -0.2) is 0 Å². The number of aryl methyl sites for hydroxylation is 1. The van der Waals surface area contributed by atoms with Gasteiger partial charge in [-0.05, 0) is 31.9 Å². The fraction of sp³-hybridized carbons (Fsp3) is 0.667. The average Bonchev–Trinajstić information content (AvgIpc) is 2.50. The lowest BCUT2D eigenvalue weighted by atomic mass is 10.2. The Bertz CT molecular complexity index is 365. The molecule has 1 rings (SSSR count). The van der Waals surface area contributed by atoms with Crippen molar-refractivity contribution in [2.24, 2.45) is 0 Å². The topological polar surface area (TPSA) is 30.5 Å². The second kappa shape index (κ2) is 9.80. The molecule has 1 aromatic carbocycles. The fourth-order valence-electron chi connectivity index (χ4n) is 2.03. The van der Waals surface area contributed by atoms with Crippen LogP contribution < -0.4 is 5.32 Å². The number of hydrogen-bond acceptors (Lipinski definition) is 3. The number of unbranched alkanes of at least 4 members (excludes halogenated alkanes) is 2. The summed E-state index contributed by atoms with van der Waals surface area (Å²) in [5.41, 5.74) is 2.29. The van der Waals surface area contributed by atoms with Crippen LogP contribution in [0.3, 0.4) is 0 Å². The molecule has 1 N–H and O–H groups in total. The SMILES string of the molecule is CCCCOC(CC)(Nc1ccc(C)cc1)OCCCC. The van der Waals surface area contributed by atoms with Crippen molar-refractivity contribution in [3.63, 3.8) is 0 Å². The maximum absolute atomic E-state index is 6.07. The number of rotatable bonds is 11. The van der Waals surface area contributed by atoms with Gasteiger partial charge < -0.3 is 14.8 Å². The third-order valence-electron chi connectivity index (χ3n) is 3.52. The van der Waals surface area contributed by atoms with Gasteiger partial charge in [-0.1, -0.05) is 51.3 Å². The zero-order valence-corrected chi connectivity index (χ0v) is 14.1. The van der Waals surface area contributed by atoms with Crippen LogP contribution in [0.15, 0.2) is 24.3 Å². The summed E-state index contributed by atoms with van der Waals surface area (Å²) < 4.78 is 12.1. The molecule has 0 fully saturated rings. The lowest BCUT2D eigenvalue weighted by Crippen LogP contribution is -2.44. The fourth-order valence-corrected chi connectivity index (χ4v) is 2.03. The number of anilines is 1. The largest absolute Gasteiger partial charge is 0.335 e. The van der Waals surface area contributed by atoms with Crippen LogP contribution in [0.2, 0.25) is 0 Å². The lowest BCUT2D eigenvalue weighted by Gasteiger charge is -2.34. The zero-order chi connectivity index (χ0) is 15.6. The average molecular weight is 293 g/mol. The normalized spacial score (nSPS) is 11.6. The lowest BCUT2D eigenvalue weighted by molar-refractivity contribution is -0.220. The zero-order valence-electron chi connectivity index (χ0n) is 14.1. The first-order chi connectivity index (χ1) is 10.2. The summed E-state index contributed by atoms with van der Waals surface area (Å²) in [6.07, 6.45) is 5.12. The van der Waals surface area contributed by atoms with E-state index >= 15 is 0 Å². The van der Waals surface area contributed by atoms with Crippen molar-refractivity contribution < 1.29 is 9.47 Å². The van der Waals surface area contributed by atoms with Crippen LogP contribution in [0.5, 0.6) is 0 Å². The molecule has 0 aliphatic carbocycles. The van der Waals surface area contributed by atoms with Crippen molar-refractivity contribution in [3.05, 3.63) is 29.8 Å². The van der Waals surface area contributed by atoms with Crippen molar-refractivity contribution in [2.45, 2.75) is 65.7 Å². The molecule has 21 heavy (non-hydrogen) atoms. The molecular weight excluding hydrogens is 262 g/mol. The van der Waals surface area contributed by atoms with E-state index in [0.717, 1.165) is 51.0 Å². The molecule has 0 saturated carbocycles. The predicted molar refractivity (Wildman–Crippen MR) is 89.5 cm³/mol. The monoisotopic (exact) mass is 293 g/mol. The number of hydrogen-bond donors (Lipinski definition) is 1. The summed E-state index contributed by atoms with van der Waals surface area (Å²) in [5, 5.41) is 3.44. The van der Waals surface area contributed by atoms with Crippen molar-refractivity contribution in [1.82, 2.24) is 0 Å². The van der Waals surface area contributed by atoms with E-state index in [0.29, 0.717) is 0 Å². The Balaban J connectivity index is 2.73. The van der Waals surface area contributed by atoms with E-state index in [1.54, 1.807) is 0 Å². The van der Waals surface area contributed by atoms with Gasteiger partial charge in [-0.2, -0.15) is 0 Å². The van der Waals surface area contributed by atoms with E-state index in [4.69, 9.17) is 9.47 Å². The molecule has 0 aliphatic rings. The molecule has 120 valence electrons. The summed E-state index contributed by atoms with van der Waals surface area (Å²) in [6, 6.07) is 8.35. The second-order valence-electron chi connectivity index (χ2n) is 5.50. The Morgan fingerprint density at radius 1 is 0.905 bits per heavy atom. The molecule has 0 heterocycles. The van der Waals surface area contributed by atoms with Crippen molar-refractivity contribution in [1.29, 1.82) is 0 Å². The molecule has 0 amide bonds. The van der Waals surface area contributed by atoms with E-state index in [2.05, 4.69) is 57.3 Å². The Kier molecular flexibility index (Phi) is 8.40. The van der Waals surface area contributed by atoms with Crippen LogP contribution in [0.1, 0.15) is 58.4 Å². The smallest absolute Gasteiger partial charge is 0.248 e. The molecule has 3 nitrogen and oxygen atoms in total. The highest BCUT2D eigenvalue weighted by molar-refractivity contribution is 5.45. The van der Waals surface area contributed by atoms with E-state index in [-0.39, 0.29) is 0 Å². The summed E-state index contributed by atoms with van der Waals surface area (Å²) in [5.74, 6) is -0.709. The standard InChI is InChI=1S/C18H31NO2/c1-5-8-14-20-18(7-3,21-15-9-6-2)19-17-12-10-16(4)11-13-17/h10-13,19H,5-9,14-15H2,1-4H3. The van der Waals surface area contributed by atoms with Crippen LogP contribution in [0, 0.1) is 6.92 Å². The molecule has 0 spiro atoms. The summed E-state index contributed by atoms with van der Waals surface area (Å²) >= 11 is 0. The van der Waals surface area contributed by atoms with Crippen molar-refractivity contribution in [2.75, 3.05) is 18.5 Å². The highest BCUT2D eigenvalue weighted by atomic mass is 16.7. The molecule has 1 aromatic rings. The minimum absolute atomic E-state index is 0.709. The molecule has 0 unspecified atom stereocenters. The van der Waals surface area contributed by atoms with E-state index < -0.39 is 5.91 Å². The molecule has 0 bridgehead atoms. The molecule has 0 radical (unpaired) electrons. The second-order valence-corrected chi connectivity index (χ2v) is 5.50. The molecule has 0 saturated heterocycles. The van der Waals surface area contributed by atoms with Gasteiger partial charge in [0.15, 0.2) is 0 Å². The Morgan fingerprint density at radius 2 is 1.43 bits per heavy atom. The Labute approximate surface area is 130 Å². The quantitative estimate of drug-likeness (QED) is 0.454. The first-order valence-electron chi connectivity index (χ1n) is 8.28. The van der Waals surface area contributed by atoms with Gasteiger partial charge in [0.25, 0.3) is 0 Å². The van der Waals surface area contributed by atoms with E-state index in [9.17, 15) is 0 Å². The minimum atomic E-state index is -0.709. The summed E-state index contributed by atoms with van der Waals surface area (Å²) in [7, 11) is 0. The predicted octanol–water partition coefficient (Wildman–Crippen LogP) is 5.10. The van der Waals surface area contributed by atoms with Gasteiger partial charge in [0.1, 0.15) is 0 Å². The van der Waals surface area contributed by atoms with E-state index in [1.165, 1.54) is 5.56 Å². The molecular formula is C18H31NO2. The van der Waals surface area contributed by atoms with E-state index in [1.807, 2.05) is 0 Å². The van der Waals surface area contributed by atoms with Crippen LogP contribution in [0.4, 0.5) is 5.69 Å². The highest BCUT2D eigenvalue weighted by Gasteiger charge is 2.29. The first-order valence-corrected chi connectivity index (χ1v) is 8.28. The Morgan fingerprint density at radius 3 is 1.86 bits per heavy atom. The van der Waals surface area contributed by atoms with Gasteiger partial charge in [0.05, 0.1) is 13.2 Å². The van der Waals surface area contributed by atoms with Crippen LogP contribution >= 0.6 is 0 Å². The number of benzene rings is 1. The van der Waals surface area contributed by atoms with Gasteiger partial charge in [0, 0.05) is 12.1 Å². The van der Waals surface area contributed by atoms with Gasteiger partial charge in [-0.15, -0.1) is 0 Å².